The van der Waals surface area contributed by atoms with Crippen molar-refractivity contribution in [2.24, 2.45) is 0 Å². The number of carboxylic acid groups (broad SMARTS) is 1. The van der Waals surface area contributed by atoms with Gasteiger partial charge in [0.2, 0.25) is 5.91 Å². The molecule has 2 aromatic rings. The zero-order chi connectivity index (χ0) is 18.9. The van der Waals surface area contributed by atoms with E-state index in [0.29, 0.717) is 17.9 Å². The third-order valence-electron chi connectivity index (χ3n) is 3.93. The van der Waals surface area contributed by atoms with Crippen molar-refractivity contribution in [3.05, 3.63) is 60.2 Å². The van der Waals surface area contributed by atoms with Crippen LogP contribution in [0.2, 0.25) is 0 Å². The minimum absolute atomic E-state index is 0.171. The summed E-state index contributed by atoms with van der Waals surface area (Å²) in [6.45, 7) is 1.80. The maximum Gasteiger partial charge on any atom is 0.321 e. The van der Waals surface area contributed by atoms with E-state index < -0.39 is 12.0 Å². The number of nitrogens with one attached hydrogen (secondary N) is 2. The second-order valence-electron chi connectivity index (χ2n) is 6.13. The summed E-state index contributed by atoms with van der Waals surface area (Å²) in [5.74, 6) is -0.404. The molecule has 0 heterocycles. The molecule has 0 aliphatic heterocycles. The van der Waals surface area contributed by atoms with Crippen molar-refractivity contribution in [1.82, 2.24) is 5.32 Å². The lowest BCUT2D eigenvalue weighted by molar-refractivity contribution is -0.139. The number of aliphatic carboxylic acids is 1. The maximum atomic E-state index is 12.2. The molecule has 0 saturated heterocycles. The minimum Gasteiger partial charge on any atom is -0.497 e. The van der Waals surface area contributed by atoms with E-state index in [1.807, 2.05) is 30.3 Å². The number of carbonyl (C=O) groups is 2. The molecule has 0 spiro atoms. The van der Waals surface area contributed by atoms with Crippen LogP contribution >= 0.6 is 0 Å². The average molecular weight is 356 g/mol. The van der Waals surface area contributed by atoms with Gasteiger partial charge in [0.1, 0.15) is 11.8 Å². The predicted molar refractivity (Wildman–Crippen MR) is 100 cm³/mol. The highest BCUT2D eigenvalue weighted by atomic mass is 16.5. The highest BCUT2D eigenvalue weighted by molar-refractivity contribution is 5.91. The molecule has 0 aliphatic rings. The number of hydrogen-bond acceptors (Lipinski definition) is 4. The Morgan fingerprint density at radius 3 is 2.31 bits per heavy atom. The van der Waals surface area contributed by atoms with Crippen molar-refractivity contribution < 1.29 is 19.4 Å². The fourth-order valence-corrected chi connectivity index (χ4v) is 2.63. The molecule has 0 aliphatic carbocycles. The van der Waals surface area contributed by atoms with E-state index in [9.17, 15) is 14.7 Å². The molecule has 0 bridgehead atoms. The number of hydrogen-bond donors (Lipinski definition) is 3. The third-order valence-corrected chi connectivity index (χ3v) is 3.93. The van der Waals surface area contributed by atoms with Gasteiger partial charge in [-0.1, -0.05) is 30.3 Å². The topological polar surface area (TPSA) is 87.7 Å². The van der Waals surface area contributed by atoms with Gasteiger partial charge in [-0.25, -0.2) is 0 Å². The molecule has 1 amide bonds. The standard InChI is InChI=1S/C20H24N2O4/c1-14(12-19(23)22-16-8-10-17(26-2)11-9-16)21-18(20(24)25)13-15-6-4-3-5-7-15/h3-11,14,18,21H,12-13H2,1-2H3,(H,22,23)(H,24,25)/t14?,18-/m1/s1. The van der Waals surface area contributed by atoms with Gasteiger partial charge in [-0.3, -0.25) is 9.59 Å². The average Bonchev–Trinajstić information content (AvgIpc) is 2.62. The molecule has 2 rings (SSSR count). The first-order valence-electron chi connectivity index (χ1n) is 8.44. The molecule has 138 valence electrons. The summed E-state index contributed by atoms with van der Waals surface area (Å²) in [4.78, 5) is 23.7. The molecule has 0 fully saturated rings. The van der Waals surface area contributed by atoms with Gasteiger partial charge in [0.05, 0.1) is 7.11 Å². The van der Waals surface area contributed by atoms with Gasteiger partial charge in [-0.15, -0.1) is 0 Å². The molecular weight excluding hydrogens is 332 g/mol. The molecule has 2 atom stereocenters. The molecule has 1 unspecified atom stereocenters. The Morgan fingerprint density at radius 2 is 1.73 bits per heavy atom. The molecular formula is C20H24N2O4. The van der Waals surface area contributed by atoms with Gasteiger partial charge in [-0.2, -0.15) is 0 Å². The van der Waals surface area contributed by atoms with Crippen LogP contribution < -0.4 is 15.4 Å². The van der Waals surface area contributed by atoms with Crippen molar-refractivity contribution in [2.75, 3.05) is 12.4 Å². The molecule has 26 heavy (non-hydrogen) atoms. The lowest BCUT2D eigenvalue weighted by atomic mass is 10.0. The van der Waals surface area contributed by atoms with Crippen LogP contribution in [0.15, 0.2) is 54.6 Å². The van der Waals surface area contributed by atoms with E-state index in [2.05, 4.69) is 10.6 Å². The summed E-state index contributed by atoms with van der Waals surface area (Å²) in [6, 6.07) is 15.4. The number of carbonyl (C=O) groups excluding carboxylic acids is 1. The highest BCUT2D eigenvalue weighted by Gasteiger charge is 2.21. The van der Waals surface area contributed by atoms with Gasteiger partial charge < -0.3 is 20.5 Å². The first-order chi connectivity index (χ1) is 12.5. The van der Waals surface area contributed by atoms with Crippen LogP contribution in [0.3, 0.4) is 0 Å². The summed E-state index contributed by atoms with van der Waals surface area (Å²) in [6.07, 6.45) is 0.533. The largest absolute Gasteiger partial charge is 0.497 e. The Bertz CT molecular complexity index is 716. The fourth-order valence-electron chi connectivity index (χ4n) is 2.63. The Hall–Kier alpha value is -2.86. The number of methoxy groups -OCH3 is 1. The van der Waals surface area contributed by atoms with E-state index in [4.69, 9.17) is 4.74 Å². The monoisotopic (exact) mass is 356 g/mol. The number of amides is 1. The van der Waals surface area contributed by atoms with E-state index in [1.54, 1.807) is 38.3 Å². The Balaban J connectivity index is 1.87. The summed E-state index contributed by atoms with van der Waals surface area (Å²) in [5.41, 5.74) is 1.60. The molecule has 0 radical (unpaired) electrons. The Morgan fingerprint density at radius 1 is 1.08 bits per heavy atom. The Labute approximate surface area is 153 Å². The molecule has 2 aromatic carbocycles. The molecule has 3 N–H and O–H groups in total. The van der Waals surface area contributed by atoms with Crippen molar-refractivity contribution in [1.29, 1.82) is 0 Å². The van der Waals surface area contributed by atoms with Crippen molar-refractivity contribution >= 4 is 17.6 Å². The first-order valence-corrected chi connectivity index (χ1v) is 8.44. The second-order valence-corrected chi connectivity index (χ2v) is 6.13. The third kappa shape index (κ3) is 6.22. The van der Waals surface area contributed by atoms with E-state index >= 15 is 0 Å². The van der Waals surface area contributed by atoms with E-state index in [1.165, 1.54) is 0 Å². The van der Waals surface area contributed by atoms with Gasteiger partial charge in [-0.05, 0) is 43.2 Å². The van der Waals surface area contributed by atoms with E-state index in [0.717, 1.165) is 5.56 Å². The minimum atomic E-state index is -0.934. The summed E-state index contributed by atoms with van der Waals surface area (Å²) >= 11 is 0. The SMILES string of the molecule is COc1ccc(NC(=O)CC(C)N[C@H](Cc2ccccc2)C(=O)O)cc1. The van der Waals surface area contributed by atoms with Gasteiger partial charge >= 0.3 is 5.97 Å². The molecule has 0 aromatic heterocycles. The van der Waals surface area contributed by atoms with Crippen LogP contribution in [0.25, 0.3) is 0 Å². The van der Waals surface area contributed by atoms with Crippen molar-refractivity contribution in [2.45, 2.75) is 31.8 Å². The van der Waals surface area contributed by atoms with Crippen LogP contribution in [-0.4, -0.2) is 36.2 Å². The molecule has 6 heteroatoms. The number of carboxylic acids is 1. The Kier molecular flexibility index (Phi) is 7.17. The lowest BCUT2D eigenvalue weighted by Gasteiger charge is -2.20. The summed E-state index contributed by atoms with van der Waals surface area (Å²) in [5, 5.41) is 15.2. The summed E-state index contributed by atoms with van der Waals surface area (Å²) in [7, 11) is 1.58. The van der Waals surface area contributed by atoms with Gasteiger partial charge in [0.25, 0.3) is 0 Å². The number of rotatable bonds is 9. The summed E-state index contributed by atoms with van der Waals surface area (Å²) < 4.78 is 5.08. The zero-order valence-corrected chi connectivity index (χ0v) is 14.9. The van der Waals surface area contributed by atoms with Crippen molar-refractivity contribution in [3.8, 4) is 5.75 Å². The number of anilines is 1. The normalized spacial score (nSPS) is 12.8. The van der Waals surface area contributed by atoms with Crippen LogP contribution in [0, 0.1) is 0 Å². The molecule has 0 saturated carbocycles. The number of benzene rings is 2. The van der Waals surface area contributed by atoms with Gasteiger partial charge in [0, 0.05) is 18.2 Å². The van der Waals surface area contributed by atoms with Crippen LogP contribution in [0.5, 0.6) is 5.75 Å². The highest BCUT2D eigenvalue weighted by Crippen LogP contribution is 2.15. The van der Waals surface area contributed by atoms with Crippen LogP contribution in [0.4, 0.5) is 5.69 Å². The van der Waals surface area contributed by atoms with Crippen LogP contribution in [0.1, 0.15) is 18.9 Å². The quantitative estimate of drug-likeness (QED) is 0.643. The predicted octanol–water partition coefficient (Wildman–Crippen LogP) is 2.70. The lowest BCUT2D eigenvalue weighted by Crippen LogP contribution is -2.44. The first kappa shape index (κ1) is 19.5. The zero-order valence-electron chi connectivity index (χ0n) is 14.9. The maximum absolute atomic E-state index is 12.2. The fraction of sp³-hybridized carbons (Fsp3) is 0.300. The second kappa shape index (κ2) is 9.58. The number of ether oxygens (including phenoxy) is 1. The smallest absolute Gasteiger partial charge is 0.321 e. The van der Waals surface area contributed by atoms with Crippen LogP contribution in [-0.2, 0) is 16.0 Å². The van der Waals surface area contributed by atoms with Crippen molar-refractivity contribution in [3.63, 3.8) is 0 Å². The van der Waals surface area contributed by atoms with E-state index in [-0.39, 0.29) is 18.4 Å². The molecule has 6 nitrogen and oxygen atoms in total. The van der Waals surface area contributed by atoms with Gasteiger partial charge in [0.15, 0.2) is 0 Å².